The molecule has 0 heterocycles. The van der Waals surface area contributed by atoms with Gasteiger partial charge in [0.1, 0.15) is 6.04 Å². The van der Waals surface area contributed by atoms with Crippen LogP contribution < -0.4 is 10.6 Å². The van der Waals surface area contributed by atoms with Crippen molar-refractivity contribution in [1.29, 1.82) is 0 Å². The van der Waals surface area contributed by atoms with E-state index in [1.165, 1.54) is 0 Å². The molecule has 0 aliphatic carbocycles. The topological polar surface area (TPSA) is 87.7 Å². The minimum atomic E-state index is -0.991. The number of ether oxygens (including phenoxy) is 1. The Morgan fingerprint density at radius 1 is 1.16 bits per heavy atom. The van der Waals surface area contributed by atoms with E-state index < -0.39 is 18.0 Å². The molecule has 0 saturated heterocycles. The third kappa shape index (κ3) is 10.3. The van der Waals surface area contributed by atoms with Gasteiger partial charge in [-0.3, -0.25) is 0 Å². The Morgan fingerprint density at radius 2 is 1.89 bits per heavy atom. The van der Waals surface area contributed by atoms with Gasteiger partial charge in [0.2, 0.25) is 0 Å². The van der Waals surface area contributed by atoms with Crippen LogP contribution in [-0.4, -0.2) is 42.9 Å². The van der Waals surface area contributed by atoms with Crippen LogP contribution in [0.3, 0.4) is 0 Å². The highest BCUT2D eigenvalue weighted by atomic mass is 16.5. The molecule has 0 spiro atoms. The lowest BCUT2D eigenvalue weighted by Crippen LogP contribution is -2.46. The van der Waals surface area contributed by atoms with Crippen molar-refractivity contribution in [3.63, 3.8) is 0 Å². The number of unbranched alkanes of at least 4 members (excludes halogenated alkanes) is 1. The number of nitrogens with one attached hydrogen (secondary N) is 2. The Balaban J connectivity index is 3.71. The van der Waals surface area contributed by atoms with E-state index in [2.05, 4.69) is 10.6 Å². The molecule has 3 N–H and O–H groups in total. The first-order chi connectivity index (χ1) is 9.11. The molecule has 6 nitrogen and oxygen atoms in total. The summed E-state index contributed by atoms with van der Waals surface area (Å²) in [5.74, 6) is -0.991. The van der Waals surface area contributed by atoms with E-state index in [1.54, 1.807) is 0 Å². The van der Waals surface area contributed by atoms with Crippen LogP contribution in [0, 0.1) is 0 Å². The number of carboxylic acids is 1. The number of amides is 2. The van der Waals surface area contributed by atoms with Gasteiger partial charge in [-0.1, -0.05) is 26.7 Å². The molecule has 0 aromatic rings. The van der Waals surface area contributed by atoms with Crippen molar-refractivity contribution < 1.29 is 19.4 Å². The standard InChI is InChI=1S/C13H26N2O4/c1-3-5-7-11(12(16)17)15-13(18)14-8-6-10-19-9-4-2/h11H,3-10H2,1-2H3,(H,16,17)(H2,14,15,18). The maximum absolute atomic E-state index is 11.5. The van der Waals surface area contributed by atoms with E-state index in [4.69, 9.17) is 9.84 Å². The highest BCUT2D eigenvalue weighted by Crippen LogP contribution is 2.00. The second kappa shape index (κ2) is 11.8. The van der Waals surface area contributed by atoms with Gasteiger partial charge >= 0.3 is 12.0 Å². The molecule has 0 aliphatic rings. The smallest absolute Gasteiger partial charge is 0.326 e. The third-order valence-electron chi connectivity index (χ3n) is 2.55. The van der Waals surface area contributed by atoms with E-state index in [0.29, 0.717) is 19.6 Å². The second-order valence-corrected chi connectivity index (χ2v) is 4.40. The summed E-state index contributed by atoms with van der Waals surface area (Å²) < 4.78 is 5.27. The molecule has 1 atom stereocenters. The molecule has 0 radical (unpaired) electrons. The lowest BCUT2D eigenvalue weighted by atomic mass is 10.1. The zero-order valence-corrected chi connectivity index (χ0v) is 11.9. The molecule has 112 valence electrons. The van der Waals surface area contributed by atoms with E-state index in [9.17, 15) is 9.59 Å². The fraction of sp³-hybridized carbons (Fsp3) is 0.846. The summed E-state index contributed by atoms with van der Waals surface area (Å²) in [4.78, 5) is 22.4. The second-order valence-electron chi connectivity index (χ2n) is 4.40. The largest absolute Gasteiger partial charge is 0.480 e. The van der Waals surface area contributed by atoms with Crippen LogP contribution in [0.15, 0.2) is 0 Å². The maximum atomic E-state index is 11.5. The van der Waals surface area contributed by atoms with Gasteiger partial charge in [0.15, 0.2) is 0 Å². The number of urea groups is 1. The van der Waals surface area contributed by atoms with E-state index in [-0.39, 0.29) is 0 Å². The average molecular weight is 274 g/mol. The molecule has 2 amide bonds. The number of carbonyl (C=O) groups excluding carboxylic acids is 1. The third-order valence-corrected chi connectivity index (χ3v) is 2.55. The summed E-state index contributed by atoms with van der Waals surface area (Å²) in [5.41, 5.74) is 0. The van der Waals surface area contributed by atoms with E-state index in [0.717, 1.165) is 32.3 Å². The number of aliphatic carboxylic acids is 1. The predicted molar refractivity (Wildman–Crippen MR) is 73.2 cm³/mol. The van der Waals surface area contributed by atoms with Crippen LogP contribution in [0.2, 0.25) is 0 Å². The van der Waals surface area contributed by atoms with Gasteiger partial charge in [0, 0.05) is 19.8 Å². The fourth-order valence-electron chi connectivity index (χ4n) is 1.50. The first kappa shape index (κ1) is 17.7. The fourth-order valence-corrected chi connectivity index (χ4v) is 1.50. The van der Waals surface area contributed by atoms with Crippen molar-refractivity contribution in [1.82, 2.24) is 10.6 Å². The normalized spacial score (nSPS) is 11.9. The maximum Gasteiger partial charge on any atom is 0.326 e. The van der Waals surface area contributed by atoms with Crippen LogP contribution in [-0.2, 0) is 9.53 Å². The minimum Gasteiger partial charge on any atom is -0.480 e. The number of rotatable bonds is 11. The molecule has 0 aromatic carbocycles. The van der Waals surface area contributed by atoms with E-state index in [1.807, 2.05) is 13.8 Å². The molecule has 0 bridgehead atoms. The lowest BCUT2D eigenvalue weighted by molar-refractivity contribution is -0.139. The molecule has 0 aliphatic heterocycles. The summed E-state index contributed by atoms with van der Waals surface area (Å²) in [7, 11) is 0. The lowest BCUT2D eigenvalue weighted by Gasteiger charge is -2.14. The zero-order valence-electron chi connectivity index (χ0n) is 11.9. The van der Waals surface area contributed by atoms with Crippen molar-refractivity contribution in [2.45, 2.75) is 52.0 Å². The summed E-state index contributed by atoms with van der Waals surface area (Å²) in [5, 5.41) is 14.0. The minimum absolute atomic E-state index is 0.431. The quantitative estimate of drug-likeness (QED) is 0.501. The van der Waals surface area contributed by atoms with Crippen molar-refractivity contribution in [3.8, 4) is 0 Å². The SMILES string of the molecule is CCCCC(NC(=O)NCCCOCCC)C(=O)O. The Morgan fingerprint density at radius 3 is 2.47 bits per heavy atom. The van der Waals surface area contributed by atoms with Crippen LogP contribution in [0.1, 0.15) is 46.0 Å². The first-order valence-corrected chi connectivity index (χ1v) is 6.96. The van der Waals surface area contributed by atoms with Gasteiger partial charge in [-0.25, -0.2) is 9.59 Å². The molecular weight excluding hydrogens is 248 g/mol. The molecule has 6 heteroatoms. The average Bonchev–Trinajstić information content (AvgIpc) is 2.38. The molecule has 0 saturated carbocycles. The molecule has 0 fully saturated rings. The summed E-state index contributed by atoms with van der Waals surface area (Å²) >= 11 is 0. The molecule has 1 unspecified atom stereocenters. The summed E-state index contributed by atoms with van der Waals surface area (Å²) in [6.45, 7) is 5.83. The van der Waals surface area contributed by atoms with Gasteiger partial charge in [-0.15, -0.1) is 0 Å². The summed E-state index contributed by atoms with van der Waals surface area (Å²) in [6, 6.07) is -1.24. The molecular formula is C13H26N2O4. The van der Waals surface area contributed by atoms with Crippen molar-refractivity contribution in [2.24, 2.45) is 0 Å². The number of hydrogen-bond acceptors (Lipinski definition) is 3. The molecule has 19 heavy (non-hydrogen) atoms. The monoisotopic (exact) mass is 274 g/mol. The highest BCUT2D eigenvalue weighted by molar-refractivity contribution is 5.82. The Kier molecular flexibility index (Phi) is 11.0. The van der Waals surface area contributed by atoms with Gasteiger partial charge in [-0.2, -0.15) is 0 Å². The van der Waals surface area contributed by atoms with E-state index >= 15 is 0 Å². The number of hydrogen-bond donors (Lipinski definition) is 3. The Bertz CT molecular complexity index is 259. The summed E-state index contributed by atoms with van der Waals surface area (Å²) in [6.07, 6.45) is 3.84. The number of carbonyl (C=O) groups is 2. The van der Waals surface area contributed by atoms with Crippen LogP contribution in [0.5, 0.6) is 0 Å². The van der Waals surface area contributed by atoms with Gasteiger partial charge in [0.25, 0.3) is 0 Å². The van der Waals surface area contributed by atoms with Gasteiger partial charge < -0.3 is 20.5 Å². The van der Waals surface area contributed by atoms with Crippen LogP contribution >= 0.6 is 0 Å². The molecule has 0 rings (SSSR count). The Hall–Kier alpha value is -1.30. The molecule has 0 aromatic heterocycles. The predicted octanol–water partition coefficient (Wildman–Crippen LogP) is 1.75. The van der Waals surface area contributed by atoms with Crippen LogP contribution in [0.4, 0.5) is 4.79 Å². The van der Waals surface area contributed by atoms with Crippen molar-refractivity contribution in [3.05, 3.63) is 0 Å². The van der Waals surface area contributed by atoms with Gasteiger partial charge in [-0.05, 0) is 19.3 Å². The van der Waals surface area contributed by atoms with Gasteiger partial charge in [0.05, 0.1) is 0 Å². The van der Waals surface area contributed by atoms with Crippen molar-refractivity contribution >= 4 is 12.0 Å². The zero-order chi connectivity index (χ0) is 14.5. The van der Waals surface area contributed by atoms with Crippen LogP contribution in [0.25, 0.3) is 0 Å². The first-order valence-electron chi connectivity index (χ1n) is 6.96. The van der Waals surface area contributed by atoms with Crippen molar-refractivity contribution in [2.75, 3.05) is 19.8 Å². The Labute approximate surface area is 114 Å². The highest BCUT2D eigenvalue weighted by Gasteiger charge is 2.18. The number of carboxylic acid groups (broad SMARTS) is 1.